The third-order valence-corrected chi connectivity index (χ3v) is 5.03. The van der Waals surface area contributed by atoms with Gasteiger partial charge in [-0.2, -0.15) is 0 Å². The quantitative estimate of drug-likeness (QED) is 0.929. The molecule has 3 nitrogen and oxygen atoms in total. The SMILES string of the molecule is COc1ccc2c(c1)C(NC(C)c1nc(C)cs1)CC2. The second-order valence-corrected chi connectivity index (χ2v) is 6.26. The number of ether oxygens (including phenoxy) is 1. The number of aromatic nitrogens is 1. The highest BCUT2D eigenvalue weighted by Crippen LogP contribution is 2.35. The number of rotatable bonds is 4. The third-order valence-electron chi connectivity index (χ3n) is 3.89. The predicted octanol–water partition coefficient (Wildman–Crippen LogP) is 3.80. The Balaban J connectivity index is 1.77. The van der Waals surface area contributed by atoms with Crippen molar-refractivity contribution in [2.45, 2.75) is 38.8 Å². The average molecular weight is 288 g/mol. The van der Waals surface area contributed by atoms with Crippen molar-refractivity contribution in [3.05, 3.63) is 45.4 Å². The van der Waals surface area contributed by atoms with E-state index < -0.39 is 0 Å². The summed E-state index contributed by atoms with van der Waals surface area (Å²) < 4.78 is 5.34. The first-order valence-electron chi connectivity index (χ1n) is 7.02. The summed E-state index contributed by atoms with van der Waals surface area (Å²) in [5.41, 5.74) is 3.92. The number of hydrogen-bond acceptors (Lipinski definition) is 4. The van der Waals surface area contributed by atoms with Crippen LogP contribution >= 0.6 is 11.3 Å². The van der Waals surface area contributed by atoms with Crippen molar-refractivity contribution >= 4 is 11.3 Å². The summed E-state index contributed by atoms with van der Waals surface area (Å²) in [5, 5.41) is 6.98. The molecule has 2 aromatic rings. The number of nitrogens with zero attached hydrogens (tertiary/aromatic N) is 1. The van der Waals surface area contributed by atoms with Crippen LogP contribution in [0.25, 0.3) is 0 Å². The molecule has 1 aromatic carbocycles. The van der Waals surface area contributed by atoms with Crippen LogP contribution in [0.5, 0.6) is 5.75 Å². The van der Waals surface area contributed by atoms with Crippen molar-refractivity contribution in [3.8, 4) is 5.75 Å². The highest BCUT2D eigenvalue weighted by atomic mass is 32.1. The normalized spacial score (nSPS) is 18.9. The third kappa shape index (κ3) is 2.58. The van der Waals surface area contributed by atoms with Gasteiger partial charge in [-0.05, 0) is 49.9 Å². The van der Waals surface area contributed by atoms with Crippen molar-refractivity contribution in [3.63, 3.8) is 0 Å². The standard InChI is InChI=1S/C16H20N2OS/c1-10-9-20-16(17-10)11(2)18-15-7-5-12-4-6-13(19-3)8-14(12)15/h4,6,8-9,11,15,18H,5,7H2,1-3H3. The van der Waals surface area contributed by atoms with Crippen molar-refractivity contribution in [1.82, 2.24) is 10.3 Å². The highest BCUT2D eigenvalue weighted by molar-refractivity contribution is 7.09. The molecule has 0 spiro atoms. The summed E-state index contributed by atoms with van der Waals surface area (Å²) >= 11 is 1.73. The molecule has 20 heavy (non-hydrogen) atoms. The lowest BCUT2D eigenvalue weighted by Gasteiger charge is -2.19. The first kappa shape index (κ1) is 13.6. The number of fused-ring (bicyclic) bond motifs is 1. The number of nitrogens with one attached hydrogen (secondary N) is 1. The van der Waals surface area contributed by atoms with Crippen LogP contribution < -0.4 is 10.1 Å². The minimum Gasteiger partial charge on any atom is -0.497 e. The lowest BCUT2D eigenvalue weighted by atomic mass is 10.1. The molecule has 2 atom stereocenters. The fraction of sp³-hybridized carbons (Fsp3) is 0.438. The number of aryl methyl sites for hydroxylation is 2. The van der Waals surface area contributed by atoms with Gasteiger partial charge in [0.15, 0.2) is 0 Å². The molecular formula is C16H20N2OS. The van der Waals surface area contributed by atoms with E-state index in [9.17, 15) is 0 Å². The Morgan fingerprint density at radius 2 is 2.30 bits per heavy atom. The second-order valence-electron chi connectivity index (χ2n) is 5.37. The summed E-state index contributed by atoms with van der Waals surface area (Å²) in [4.78, 5) is 4.57. The topological polar surface area (TPSA) is 34.1 Å². The van der Waals surface area contributed by atoms with Crippen LogP contribution in [-0.2, 0) is 6.42 Å². The molecular weight excluding hydrogens is 268 g/mol. The Bertz CT molecular complexity index is 608. The van der Waals surface area contributed by atoms with Crippen LogP contribution in [0.15, 0.2) is 23.6 Å². The zero-order valence-electron chi connectivity index (χ0n) is 12.1. The van der Waals surface area contributed by atoms with Gasteiger partial charge in [0.25, 0.3) is 0 Å². The number of thiazole rings is 1. The number of hydrogen-bond donors (Lipinski definition) is 1. The minimum atomic E-state index is 0.288. The lowest BCUT2D eigenvalue weighted by molar-refractivity contribution is 0.412. The molecule has 4 heteroatoms. The average Bonchev–Trinajstić information content (AvgIpc) is 3.05. The zero-order chi connectivity index (χ0) is 14.1. The summed E-state index contributed by atoms with van der Waals surface area (Å²) in [6, 6.07) is 7.10. The Labute approximate surface area is 124 Å². The molecule has 1 aliphatic rings. The van der Waals surface area contributed by atoms with E-state index in [-0.39, 0.29) is 6.04 Å². The molecule has 1 aromatic heterocycles. The largest absolute Gasteiger partial charge is 0.497 e. The van der Waals surface area contributed by atoms with Crippen LogP contribution in [0.3, 0.4) is 0 Å². The van der Waals surface area contributed by atoms with E-state index in [1.54, 1.807) is 18.4 Å². The van der Waals surface area contributed by atoms with Gasteiger partial charge >= 0.3 is 0 Å². The molecule has 3 rings (SSSR count). The number of benzene rings is 1. The van der Waals surface area contributed by atoms with Crippen molar-refractivity contribution in [1.29, 1.82) is 0 Å². The molecule has 1 N–H and O–H groups in total. The Morgan fingerprint density at radius 3 is 3.00 bits per heavy atom. The van der Waals surface area contributed by atoms with Gasteiger partial charge in [-0.25, -0.2) is 4.98 Å². The van der Waals surface area contributed by atoms with Crippen molar-refractivity contribution in [2.75, 3.05) is 7.11 Å². The van der Waals surface area contributed by atoms with E-state index in [1.165, 1.54) is 16.1 Å². The summed E-state index contributed by atoms with van der Waals surface area (Å²) in [5.74, 6) is 0.940. The maximum atomic E-state index is 5.34. The van der Waals surface area contributed by atoms with Crippen LogP contribution in [0.1, 0.15) is 47.3 Å². The van der Waals surface area contributed by atoms with E-state index >= 15 is 0 Å². The van der Waals surface area contributed by atoms with Crippen LogP contribution in [0.4, 0.5) is 0 Å². The van der Waals surface area contributed by atoms with E-state index in [4.69, 9.17) is 4.74 Å². The smallest absolute Gasteiger partial charge is 0.119 e. The van der Waals surface area contributed by atoms with Gasteiger partial charge in [0.05, 0.1) is 13.2 Å². The van der Waals surface area contributed by atoms with E-state index in [0.717, 1.165) is 24.3 Å². The first-order chi connectivity index (χ1) is 9.67. The van der Waals surface area contributed by atoms with E-state index in [1.807, 2.05) is 6.92 Å². The van der Waals surface area contributed by atoms with Gasteiger partial charge in [0.2, 0.25) is 0 Å². The molecule has 0 amide bonds. The van der Waals surface area contributed by atoms with Crippen molar-refractivity contribution in [2.24, 2.45) is 0 Å². The van der Waals surface area contributed by atoms with Gasteiger partial charge in [0, 0.05) is 17.1 Å². The molecule has 0 radical (unpaired) electrons. The molecule has 0 saturated heterocycles. The molecule has 2 unspecified atom stereocenters. The van der Waals surface area contributed by atoms with Gasteiger partial charge in [-0.3, -0.25) is 0 Å². The zero-order valence-corrected chi connectivity index (χ0v) is 13.0. The Kier molecular flexibility index (Phi) is 3.76. The van der Waals surface area contributed by atoms with Gasteiger partial charge < -0.3 is 10.1 Å². The van der Waals surface area contributed by atoms with Crippen molar-refractivity contribution < 1.29 is 4.74 Å². The molecule has 106 valence electrons. The van der Waals surface area contributed by atoms with E-state index in [0.29, 0.717) is 6.04 Å². The molecule has 0 fully saturated rings. The second kappa shape index (κ2) is 5.54. The van der Waals surface area contributed by atoms with Crippen LogP contribution in [-0.4, -0.2) is 12.1 Å². The first-order valence-corrected chi connectivity index (χ1v) is 7.90. The summed E-state index contributed by atoms with van der Waals surface area (Å²) in [6.07, 6.45) is 2.29. The maximum absolute atomic E-state index is 5.34. The maximum Gasteiger partial charge on any atom is 0.119 e. The fourth-order valence-electron chi connectivity index (χ4n) is 2.82. The fourth-order valence-corrected chi connectivity index (χ4v) is 3.64. The molecule has 1 aliphatic carbocycles. The van der Waals surface area contributed by atoms with Crippen LogP contribution in [0.2, 0.25) is 0 Å². The van der Waals surface area contributed by atoms with E-state index in [2.05, 4.69) is 40.8 Å². The lowest BCUT2D eigenvalue weighted by Crippen LogP contribution is -2.23. The Morgan fingerprint density at radius 1 is 1.45 bits per heavy atom. The van der Waals surface area contributed by atoms with Gasteiger partial charge in [-0.15, -0.1) is 11.3 Å². The minimum absolute atomic E-state index is 0.288. The van der Waals surface area contributed by atoms with Crippen LogP contribution in [0, 0.1) is 6.92 Å². The molecule has 0 bridgehead atoms. The monoisotopic (exact) mass is 288 g/mol. The van der Waals surface area contributed by atoms with Gasteiger partial charge in [0.1, 0.15) is 10.8 Å². The highest BCUT2D eigenvalue weighted by Gasteiger charge is 2.25. The molecule has 1 heterocycles. The summed E-state index contributed by atoms with van der Waals surface area (Å²) in [6.45, 7) is 4.24. The Hall–Kier alpha value is -1.39. The molecule has 0 saturated carbocycles. The molecule has 0 aliphatic heterocycles. The number of methoxy groups -OCH3 is 1. The summed E-state index contributed by atoms with van der Waals surface area (Å²) in [7, 11) is 1.72. The van der Waals surface area contributed by atoms with Gasteiger partial charge in [-0.1, -0.05) is 6.07 Å². The predicted molar refractivity (Wildman–Crippen MR) is 82.5 cm³/mol.